The zero-order valence-corrected chi connectivity index (χ0v) is 32.6. The molecule has 1 saturated heterocycles. The van der Waals surface area contributed by atoms with E-state index < -0.39 is 0 Å². The summed E-state index contributed by atoms with van der Waals surface area (Å²) in [5, 5.41) is 4.52. The number of ether oxygens (including phenoxy) is 1. The number of fused-ring (bicyclic) bond motifs is 1. The van der Waals surface area contributed by atoms with Crippen LogP contribution in [-0.4, -0.2) is 58.3 Å². The fourth-order valence-electron chi connectivity index (χ4n) is 6.61. The number of anilines is 1. The quantitative estimate of drug-likeness (QED) is 0.197. The van der Waals surface area contributed by atoms with E-state index in [2.05, 4.69) is 63.2 Å². The van der Waals surface area contributed by atoms with Gasteiger partial charge in [-0.2, -0.15) is 0 Å². The first-order valence-corrected chi connectivity index (χ1v) is 19.0. The molecule has 3 heterocycles. The van der Waals surface area contributed by atoms with Crippen LogP contribution in [0.25, 0.3) is 16.6 Å². The van der Waals surface area contributed by atoms with Crippen LogP contribution in [0.15, 0.2) is 114 Å². The maximum absolute atomic E-state index is 13.8. The molecule has 0 spiro atoms. The Morgan fingerprint density at radius 1 is 0.925 bits per heavy atom. The lowest BCUT2D eigenvalue weighted by Crippen LogP contribution is -2.40. The average Bonchev–Trinajstić information content (AvgIpc) is 3.61. The van der Waals surface area contributed by atoms with Gasteiger partial charge in [0, 0.05) is 59.5 Å². The molecular weight excluding hydrogens is 659 g/mol. The zero-order valence-electron chi connectivity index (χ0n) is 32.6. The second kappa shape index (κ2) is 17.5. The van der Waals surface area contributed by atoms with Crippen molar-refractivity contribution >= 4 is 39.9 Å². The maximum Gasteiger partial charge on any atom is 0.262 e. The van der Waals surface area contributed by atoms with Gasteiger partial charge in [-0.05, 0) is 78.8 Å². The number of amides is 1. The average molecular weight is 714 g/mol. The number of allylic oxidation sites excluding steroid dienone is 2. The van der Waals surface area contributed by atoms with Gasteiger partial charge in [-0.15, -0.1) is 0 Å². The van der Waals surface area contributed by atoms with E-state index in [0.29, 0.717) is 49.2 Å². The van der Waals surface area contributed by atoms with E-state index in [0.717, 1.165) is 46.4 Å². The van der Waals surface area contributed by atoms with Crippen LogP contribution >= 0.6 is 0 Å². The summed E-state index contributed by atoms with van der Waals surface area (Å²) in [7, 11) is 0. The van der Waals surface area contributed by atoms with Crippen LogP contribution in [-0.2, 0) is 10.2 Å². The number of nitrogens with one attached hydrogen (secondary N) is 1. The molecule has 3 aromatic carbocycles. The van der Waals surface area contributed by atoms with Gasteiger partial charge in [-0.3, -0.25) is 14.2 Å². The number of rotatable bonds is 8. The Morgan fingerprint density at radius 2 is 1.58 bits per heavy atom. The molecule has 1 N–H and O–H groups in total. The Hall–Kier alpha value is -5.21. The van der Waals surface area contributed by atoms with Crippen LogP contribution in [0.1, 0.15) is 100 Å². The van der Waals surface area contributed by atoms with Gasteiger partial charge in [0.25, 0.3) is 11.8 Å². The summed E-state index contributed by atoms with van der Waals surface area (Å²) in [5.41, 5.74) is 6.76. The molecule has 1 unspecified atom stereocenters. The van der Waals surface area contributed by atoms with Gasteiger partial charge in [-0.1, -0.05) is 91.3 Å². The monoisotopic (exact) mass is 713 g/mol. The third-order valence-corrected chi connectivity index (χ3v) is 9.43. The van der Waals surface area contributed by atoms with Crippen molar-refractivity contribution in [1.82, 2.24) is 14.4 Å². The molecule has 1 aromatic heterocycles. The predicted octanol–water partition coefficient (Wildman–Crippen LogP) is 10.1. The minimum absolute atomic E-state index is 0.00799. The number of nitrogens with zero attached hydrogens (tertiary/aromatic N) is 4. The summed E-state index contributed by atoms with van der Waals surface area (Å²) in [6.07, 6.45) is 12.4. The summed E-state index contributed by atoms with van der Waals surface area (Å²) < 4.78 is 7.14. The molecule has 4 aromatic rings. The second-order valence-corrected chi connectivity index (χ2v) is 14.3. The van der Waals surface area contributed by atoms with Gasteiger partial charge in [0.15, 0.2) is 5.84 Å². The lowest BCUT2D eigenvalue weighted by molar-refractivity contribution is 0.0303. The van der Waals surface area contributed by atoms with Crippen molar-refractivity contribution < 1.29 is 14.3 Å². The van der Waals surface area contributed by atoms with E-state index in [1.54, 1.807) is 4.57 Å². The topological polar surface area (TPSA) is 79.2 Å². The third kappa shape index (κ3) is 9.06. The minimum Gasteiger partial charge on any atom is -0.378 e. The Balaban J connectivity index is 0.00000266. The van der Waals surface area contributed by atoms with Crippen LogP contribution in [0.3, 0.4) is 0 Å². The number of carbonyl (C=O) groups is 2. The van der Waals surface area contributed by atoms with Crippen LogP contribution in [0.5, 0.6) is 0 Å². The number of aromatic nitrogens is 1. The number of benzene rings is 3. The minimum atomic E-state index is -0.0766. The van der Waals surface area contributed by atoms with Gasteiger partial charge in [0.05, 0.1) is 30.1 Å². The van der Waals surface area contributed by atoms with Crippen LogP contribution in [0, 0.1) is 5.92 Å². The highest BCUT2D eigenvalue weighted by Gasteiger charge is 2.24. The largest absolute Gasteiger partial charge is 0.378 e. The molecule has 0 bridgehead atoms. The van der Waals surface area contributed by atoms with Crippen molar-refractivity contribution in [2.24, 2.45) is 10.9 Å². The van der Waals surface area contributed by atoms with E-state index in [4.69, 9.17) is 9.73 Å². The van der Waals surface area contributed by atoms with Crippen molar-refractivity contribution in [3.63, 3.8) is 0 Å². The summed E-state index contributed by atoms with van der Waals surface area (Å²) in [5.74, 6) is 0.965. The zero-order chi connectivity index (χ0) is 38.1. The molecular formula is C45H55N5O3. The molecule has 2 aliphatic heterocycles. The molecule has 1 fully saturated rings. The predicted molar refractivity (Wildman–Crippen MR) is 219 cm³/mol. The smallest absolute Gasteiger partial charge is 0.262 e. The normalized spacial score (nSPS) is 16.3. The van der Waals surface area contributed by atoms with Crippen LogP contribution in [0.2, 0.25) is 0 Å². The van der Waals surface area contributed by atoms with E-state index in [9.17, 15) is 9.59 Å². The molecule has 2 aliphatic rings. The van der Waals surface area contributed by atoms with Gasteiger partial charge in [0.2, 0.25) is 0 Å². The van der Waals surface area contributed by atoms with Crippen molar-refractivity contribution in [2.75, 3.05) is 31.6 Å². The molecule has 0 saturated carbocycles. The SMILES string of the molecule is C/C=C\N1C=C(c2cccc3c2ccn3C(=O)c2ccc(C(C)(C)C)cc2)N=C(Nc2ccc(C(=O)N3CCOCC3)cc2)/C1=C\C(C)CCC.CC. The van der Waals surface area contributed by atoms with E-state index in [1.165, 1.54) is 5.56 Å². The summed E-state index contributed by atoms with van der Waals surface area (Å²) in [4.78, 5) is 36.1. The number of carbonyl (C=O) groups excluding carboxylic acids is 2. The highest BCUT2D eigenvalue weighted by atomic mass is 16.5. The van der Waals surface area contributed by atoms with Crippen LogP contribution < -0.4 is 5.32 Å². The first-order chi connectivity index (χ1) is 25.6. The first kappa shape index (κ1) is 39.0. The van der Waals surface area contributed by atoms with Crippen LogP contribution in [0.4, 0.5) is 5.69 Å². The number of morpholine rings is 1. The highest BCUT2D eigenvalue weighted by molar-refractivity contribution is 6.12. The van der Waals surface area contributed by atoms with Gasteiger partial charge >= 0.3 is 0 Å². The number of aliphatic imine (C=N–C) groups is 1. The van der Waals surface area contributed by atoms with E-state index in [1.807, 2.05) is 111 Å². The Kier molecular flexibility index (Phi) is 12.9. The fraction of sp³-hybridized carbons (Fsp3) is 0.356. The number of hydrogen-bond acceptors (Lipinski definition) is 6. The standard InChI is InChI=1S/C43H49N5O3.C2H6/c1-7-10-30(3)28-39-40(44-34-19-15-31(16-20-34)41(49)46-24-26-51-27-25-46)45-37(29-47(39)22-8-2)35-11-9-12-38-36(35)21-23-48(38)42(50)32-13-17-33(18-14-32)43(4,5)6;1-2/h8-9,11-23,28-30H,7,10,24-27H2,1-6H3,(H,44,45);1-2H3/b22-8-,39-28+;. The molecule has 53 heavy (non-hydrogen) atoms. The molecule has 0 aliphatic carbocycles. The lowest BCUT2D eigenvalue weighted by Gasteiger charge is -2.28. The highest BCUT2D eigenvalue weighted by Crippen LogP contribution is 2.33. The lowest BCUT2D eigenvalue weighted by atomic mass is 9.87. The van der Waals surface area contributed by atoms with Gasteiger partial charge in [0.1, 0.15) is 0 Å². The first-order valence-electron chi connectivity index (χ1n) is 19.0. The molecule has 8 nitrogen and oxygen atoms in total. The summed E-state index contributed by atoms with van der Waals surface area (Å²) in [6.45, 7) is 19.3. The maximum atomic E-state index is 13.8. The van der Waals surface area contributed by atoms with E-state index in [-0.39, 0.29) is 17.2 Å². The summed E-state index contributed by atoms with van der Waals surface area (Å²) >= 11 is 0. The Morgan fingerprint density at radius 3 is 2.23 bits per heavy atom. The molecule has 1 atom stereocenters. The number of hydrogen-bond donors (Lipinski definition) is 1. The Labute approximate surface area is 315 Å². The van der Waals surface area contributed by atoms with Crippen molar-refractivity contribution in [3.05, 3.63) is 131 Å². The van der Waals surface area contributed by atoms with Crippen molar-refractivity contribution in [3.8, 4) is 0 Å². The molecule has 1 amide bonds. The summed E-state index contributed by atoms with van der Waals surface area (Å²) in [6, 6.07) is 23.5. The van der Waals surface area contributed by atoms with Gasteiger partial charge in [-0.25, -0.2) is 4.99 Å². The number of amidine groups is 1. The second-order valence-electron chi connectivity index (χ2n) is 14.3. The van der Waals surface area contributed by atoms with E-state index >= 15 is 0 Å². The van der Waals surface area contributed by atoms with Crippen molar-refractivity contribution in [1.29, 1.82) is 0 Å². The Bertz CT molecular complexity index is 2000. The molecule has 278 valence electrons. The molecule has 0 radical (unpaired) electrons. The van der Waals surface area contributed by atoms with Gasteiger partial charge < -0.3 is 19.9 Å². The molecule has 8 heteroatoms. The fourth-order valence-corrected chi connectivity index (χ4v) is 6.61. The van der Waals surface area contributed by atoms with Crippen molar-refractivity contribution in [2.45, 2.75) is 73.6 Å². The third-order valence-electron chi connectivity index (χ3n) is 9.43. The molecule has 6 rings (SSSR count).